The van der Waals surface area contributed by atoms with Crippen LogP contribution in [0.3, 0.4) is 0 Å². The van der Waals surface area contributed by atoms with Gasteiger partial charge in [-0.2, -0.15) is 13.2 Å². The normalized spacial score (nSPS) is 14.1. The SMILES string of the molecule is CC(C)(C)NC(=O)C(=O)C(CC(F)(F)F)N(C=O)OC(C)(C)C. The van der Waals surface area contributed by atoms with Crippen molar-refractivity contribution in [1.82, 2.24) is 10.4 Å². The summed E-state index contributed by atoms with van der Waals surface area (Å²) >= 11 is 0. The predicted octanol–water partition coefficient (Wildman–Crippen LogP) is 1.98. The largest absolute Gasteiger partial charge is 0.391 e. The van der Waals surface area contributed by atoms with E-state index in [0.29, 0.717) is 0 Å². The molecule has 0 aromatic carbocycles. The first-order valence-corrected chi connectivity index (χ1v) is 6.91. The van der Waals surface area contributed by atoms with Gasteiger partial charge >= 0.3 is 6.18 Å². The Morgan fingerprint density at radius 1 is 1.13 bits per heavy atom. The number of halogens is 3. The molecule has 1 N–H and O–H groups in total. The number of amides is 2. The molecule has 0 rings (SSSR count). The Balaban J connectivity index is 5.47. The number of nitrogens with one attached hydrogen (secondary N) is 1. The van der Waals surface area contributed by atoms with Crippen LogP contribution in [0.5, 0.6) is 0 Å². The number of hydrogen-bond acceptors (Lipinski definition) is 4. The van der Waals surface area contributed by atoms with Crippen molar-refractivity contribution in [2.45, 2.75) is 71.3 Å². The molecule has 1 atom stereocenters. The molecule has 1 unspecified atom stereocenters. The first-order chi connectivity index (χ1) is 10.1. The lowest BCUT2D eigenvalue weighted by Gasteiger charge is -2.32. The predicted molar refractivity (Wildman–Crippen MR) is 76.1 cm³/mol. The molecular formula is C14H23F3N2O4. The van der Waals surface area contributed by atoms with Gasteiger partial charge < -0.3 is 5.32 Å². The van der Waals surface area contributed by atoms with Crippen molar-refractivity contribution < 1.29 is 32.4 Å². The van der Waals surface area contributed by atoms with E-state index in [1.807, 2.05) is 0 Å². The number of rotatable bonds is 6. The van der Waals surface area contributed by atoms with E-state index in [4.69, 9.17) is 4.84 Å². The third kappa shape index (κ3) is 9.17. The number of hydroxylamine groups is 2. The number of carbonyl (C=O) groups excluding carboxylic acids is 3. The third-order valence-electron chi connectivity index (χ3n) is 2.23. The fourth-order valence-corrected chi connectivity index (χ4v) is 1.55. The molecule has 0 bridgehead atoms. The van der Waals surface area contributed by atoms with Crippen molar-refractivity contribution in [3.8, 4) is 0 Å². The number of alkyl halides is 3. The van der Waals surface area contributed by atoms with E-state index in [1.165, 1.54) is 20.8 Å². The van der Waals surface area contributed by atoms with Crippen LogP contribution in [0.25, 0.3) is 0 Å². The lowest BCUT2D eigenvalue weighted by Crippen LogP contribution is -2.53. The van der Waals surface area contributed by atoms with Gasteiger partial charge in [-0.25, -0.2) is 5.06 Å². The van der Waals surface area contributed by atoms with Gasteiger partial charge in [-0.05, 0) is 41.5 Å². The standard InChI is InChI=1S/C14H23F3N2O4/c1-12(2,3)18-11(22)10(21)9(7-14(15,16)17)19(8-20)23-13(4,5)6/h8-9H,7H2,1-6H3,(H,18,22). The highest BCUT2D eigenvalue weighted by atomic mass is 19.4. The first-order valence-electron chi connectivity index (χ1n) is 6.91. The van der Waals surface area contributed by atoms with E-state index in [2.05, 4.69) is 5.32 Å². The van der Waals surface area contributed by atoms with Gasteiger partial charge in [-0.1, -0.05) is 0 Å². The second kappa shape index (κ2) is 7.29. The second-order valence-corrected chi connectivity index (χ2v) is 7.07. The molecule has 0 fully saturated rings. The average Bonchev–Trinajstić information content (AvgIpc) is 2.27. The minimum absolute atomic E-state index is 0.0378. The van der Waals surface area contributed by atoms with E-state index in [1.54, 1.807) is 20.8 Å². The molecule has 0 aromatic rings. The van der Waals surface area contributed by atoms with Crippen molar-refractivity contribution in [2.75, 3.05) is 0 Å². The highest BCUT2D eigenvalue weighted by molar-refractivity contribution is 6.38. The lowest BCUT2D eigenvalue weighted by molar-refractivity contribution is -0.244. The zero-order valence-corrected chi connectivity index (χ0v) is 14.1. The minimum atomic E-state index is -4.76. The molecule has 0 saturated heterocycles. The van der Waals surface area contributed by atoms with Gasteiger partial charge in [-0.3, -0.25) is 19.2 Å². The number of carbonyl (C=O) groups is 3. The Labute approximate surface area is 133 Å². The van der Waals surface area contributed by atoms with Crippen LogP contribution < -0.4 is 5.32 Å². The summed E-state index contributed by atoms with van der Waals surface area (Å²) in [5, 5.41) is 2.52. The van der Waals surface area contributed by atoms with Crippen molar-refractivity contribution in [3.63, 3.8) is 0 Å². The molecule has 0 aliphatic heterocycles. The Kier molecular flexibility index (Phi) is 6.77. The smallest absolute Gasteiger partial charge is 0.345 e. The lowest BCUT2D eigenvalue weighted by atomic mass is 10.0. The maximum absolute atomic E-state index is 12.7. The third-order valence-corrected chi connectivity index (χ3v) is 2.23. The molecule has 0 spiro atoms. The number of ketones is 1. The Hall–Kier alpha value is -1.64. The quantitative estimate of drug-likeness (QED) is 0.456. The Bertz CT molecular complexity index is 450. The van der Waals surface area contributed by atoms with E-state index in [-0.39, 0.29) is 11.5 Å². The average molecular weight is 340 g/mol. The molecule has 134 valence electrons. The van der Waals surface area contributed by atoms with Gasteiger partial charge in [0.2, 0.25) is 12.2 Å². The van der Waals surface area contributed by atoms with Crippen molar-refractivity contribution in [2.24, 2.45) is 0 Å². The van der Waals surface area contributed by atoms with Crippen LogP contribution >= 0.6 is 0 Å². The first kappa shape index (κ1) is 21.4. The van der Waals surface area contributed by atoms with Crippen LogP contribution in [-0.4, -0.2) is 46.5 Å². The van der Waals surface area contributed by atoms with Gasteiger partial charge in [0.15, 0.2) is 0 Å². The summed E-state index contributed by atoms with van der Waals surface area (Å²) in [6, 6.07) is -2.09. The summed E-state index contributed by atoms with van der Waals surface area (Å²) in [7, 11) is 0. The molecule has 0 saturated carbocycles. The maximum atomic E-state index is 12.7. The summed E-state index contributed by atoms with van der Waals surface area (Å²) in [4.78, 5) is 40.1. The monoisotopic (exact) mass is 340 g/mol. The highest BCUT2D eigenvalue weighted by Gasteiger charge is 2.42. The van der Waals surface area contributed by atoms with Crippen molar-refractivity contribution >= 4 is 18.1 Å². The van der Waals surface area contributed by atoms with Gasteiger partial charge in [0.25, 0.3) is 5.91 Å². The number of Topliss-reactive ketones (excluding diaryl/α,β-unsaturated/α-hetero) is 1. The van der Waals surface area contributed by atoms with Gasteiger partial charge in [0, 0.05) is 5.54 Å². The Morgan fingerprint density at radius 2 is 1.61 bits per heavy atom. The van der Waals surface area contributed by atoms with Crippen molar-refractivity contribution in [3.05, 3.63) is 0 Å². The van der Waals surface area contributed by atoms with Crippen LogP contribution in [0.4, 0.5) is 13.2 Å². The Morgan fingerprint density at radius 3 is 1.91 bits per heavy atom. The number of nitrogens with zero attached hydrogens (tertiary/aromatic N) is 1. The number of hydrogen-bond donors (Lipinski definition) is 1. The van der Waals surface area contributed by atoms with E-state index in [9.17, 15) is 27.6 Å². The molecule has 6 nitrogen and oxygen atoms in total. The summed E-state index contributed by atoms with van der Waals surface area (Å²) in [5.41, 5.74) is -1.84. The van der Waals surface area contributed by atoms with Gasteiger partial charge in [0.05, 0.1) is 12.0 Å². The summed E-state index contributed by atoms with van der Waals surface area (Å²) in [5.74, 6) is -2.61. The summed E-state index contributed by atoms with van der Waals surface area (Å²) in [6.07, 6.45) is -6.48. The van der Waals surface area contributed by atoms with Crippen LogP contribution in [0.15, 0.2) is 0 Å². The zero-order chi connectivity index (χ0) is 18.6. The fraction of sp³-hybridized carbons (Fsp3) is 0.786. The molecule has 0 heterocycles. The summed E-state index contributed by atoms with van der Waals surface area (Å²) in [6.45, 7) is 9.19. The van der Waals surface area contributed by atoms with Crippen LogP contribution in [-0.2, 0) is 19.2 Å². The molecule has 0 aliphatic rings. The highest BCUT2D eigenvalue weighted by Crippen LogP contribution is 2.26. The maximum Gasteiger partial charge on any atom is 0.391 e. The topological polar surface area (TPSA) is 75.7 Å². The van der Waals surface area contributed by atoms with Crippen LogP contribution in [0.2, 0.25) is 0 Å². The summed E-state index contributed by atoms with van der Waals surface area (Å²) < 4.78 is 38.1. The van der Waals surface area contributed by atoms with E-state index >= 15 is 0 Å². The zero-order valence-electron chi connectivity index (χ0n) is 14.1. The fourth-order valence-electron chi connectivity index (χ4n) is 1.55. The van der Waals surface area contributed by atoms with E-state index < -0.39 is 41.5 Å². The van der Waals surface area contributed by atoms with E-state index in [0.717, 1.165) is 0 Å². The molecule has 0 aliphatic carbocycles. The van der Waals surface area contributed by atoms with Crippen molar-refractivity contribution in [1.29, 1.82) is 0 Å². The molecule has 0 aromatic heterocycles. The molecule has 23 heavy (non-hydrogen) atoms. The molecule has 9 heteroatoms. The van der Waals surface area contributed by atoms with Crippen LogP contribution in [0.1, 0.15) is 48.0 Å². The molecule has 2 amide bonds. The molecular weight excluding hydrogens is 317 g/mol. The van der Waals surface area contributed by atoms with Crippen LogP contribution in [0, 0.1) is 0 Å². The molecule has 0 radical (unpaired) electrons. The van der Waals surface area contributed by atoms with Gasteiger partial charge in [-0.15, -0.1) is 0 Å². The second-order valence-electron chi connectivity index (χ2n) is 7.07. The minimum Gasteiger partial charge on any atom is -0.345 e. The van der Waals surface area contributed by atoms with Gasteiger partial charge in [0.1, 0.15) is 6.04 Å².